The van der Waals surface area contributed by atoms with Crippen LogP contribution in [0.3, 0.4) is 0 Å². The highest BCUT2D eigenvalue weighted by Crippen LogP contribution is 2.30. The second kappa shape index (κ2) is 11.6. The second-order valence-corrected chi connectivity index (χ2v) is 10.4. The molecule has 0 aliphatic carbocycles. The predicted octanol–water partition coefficient (Wildman–Crippen LogP) is 6.20. The van der Waals surface area contributed by atoms with Crippen molar-refractivity contribution in [1.82, 2.24) is 5.32 Å². The molecule has 0 aliphatic rings. The number of ether oxygens (including phenoxy) is 1. The van der Waals surface area contributed by atoms with E-state index >= 15 is 0 Å². The van der Waals surface area contributed by atoms with Crippen molar-refractivity contribution >= 4 is 56.4 Å². The van der Waals surface area contributed by atoms with Crippen molar-refractivity contribution < 1.29 is 22.7 Å². The molecule has 11 heteroatoms. The van der Waals surface area contributed by atoms with Crippen LogP contribution >= 0.6 is 23.2 Å². The summed E-state index contributed by atoms with van der Waals surface area (Å²) in [5, 5.41) is 5.79. The smallest absolute Gasteiger partial charge is 0.261 e. The normalized spacial score (nSPS) is 10.9. The Bertz CT molecular complexity index is 1610. The highest BCUT2D eigenvalue weighted by molar-refractivity contribution is 7.92. The zero-order valence-electron chi connectivity index (χ0n) is 19.9. The molecule has 4 aromatic carbocycles. The lowest BCUT2D eigenvalue weighted by Crippen LogP contribution is -2.22. The topological polar surface area (TPSA) is 114 Å². The fourth-order valence-corrected chi connectivity index (χ4v) is 4.88. The largest absolute Gasteiger partial charge is 0.456 e. The number of para-hydroxylation sites is 2. The van der Waals surface area contributed by atoms with Crippen LogP contribution in [0.4, 0.5) is 11.4 Å². The molecule has 0 heterocycles. The molecule has 0 aromatic heterocycles. The molecule has 3 N–H and O–H groups in total. The van der Waals surface area contributed by atoms with E-state index in [0.29, 0.717) is 16.5 Å². The van der Waals surface area contributed by atoms with E-state index in [1.165, 1.54) is 49.5 Å². The van der Waals surface area contributed by atoms with Gasteiger partial charge in [-0.05, 0) is 66.7 Å². The van der Waals surface area contributed by atoms with Gasteiger partial charge in [-0.1, -0.05) is 47.5 Å². The van der Waals surface area contributed by atoms with Gasteiger partial charge in [0.05, 0.1) is 32.4 Å². The number of halogens is 2. The summed E-state index contributed by atoms with van der Waals surface area (Å²) in [7, 11) is -2.62. The first-order valence-corrected chi connectivity index (χ1v) is 13.4. The van der Waals surface area contributed by atoms with Gasteiger partial charge in [0.25, 0.3) is 21.8 Å². The number of hydrogen-bond donors (Lipinski definition) is 3. The first-order chi connectivity index (χ1) is 18.2. The zero-order chi connectivity index (χ0) is 27.3. The van der Waals surface area contributed by atoms with Gasteiger partial charge in [0.15, 0.2) is 0 Å². The Balaban J connectivity index is 1.57. The van der Waals surface area contributed by atoms with E-state index < -0.39 is 21.8 Å². The molecule has 2 amide bonds. The van der Waals surface area contributed by atoms with Crippen molar-refractivity contribution in [3.05, 3.63) is 112 Å². The minimum atomic E-state index is -4.10. The number of benzene rings is 4. The van der Waals surface area contributed by atoms with Crippen molar-refractivity contribution in [2.75, 3.05) is 17.1 Å². The van der Waals surface area contributed by atoms with Crippen molar-refractivity contribution in [2.24, 2.45) is 0 Å². The minimum absolute atomic E-state index is 0.000665. The lowest BCUT2D eigenvalue weighted by atomic mass is 10.1. The van der Waals surface area contributed by atoms with Gasteiger partial charge in [-0.15, -0.1) is 0 Å². The van der Waals surface area contributed by atoms with Crippen LogP contribution in [0, 0.1) is 0 Å². The third kappa shape index (κ3) is 6.25. The van der Waals surface area contributed by atoms with Crippen LogP contribution < -0.4 is 20.1 Å². The molecule has 0 radical (unpaired) electrons. The molecule has 194 valence electrons. The van der Waals surface area contributed by atoms with Crippen molar-refractivity contribution in [1.29, 1.82) is 0 Å². The second-order valence-electron chi connectivity index (χ2n) is 7.88. The van der Waals surface area contributed by atoms with Crippen molar-refractivity contribution in [3.8, 4) is 11.5 Å². The Hall–Kier alpha value is -4.05. The minimum Gasteiger partial charge on any atom is -0.456 e. The van der Waals surface area contributed by atoms with Crippen LogP contribution in [-0.2, 0) is 10.0 Å². The van der Waals surface area contributed by atoms with Gasteiger partial charge in [-0.3, -0.25) is 14.3 Å². The van der Waals surface area contributed by atoms with Crippen LogP contribution in [0.15, 0.2) is 95.9 Å². The standard InChI is InChI=1S/C27H21Cl2N3O5S/c1-30-26(33)20-6-2-4-8-23(20)31-27(34)21-16-17(28)10-15-24(21)32-38(35,36)19-13-11-18(12-14-19)37-25-9-5-3-7-22(25)29/h2-16,32H,1H3,(H,30,33)(H,31,34). The van der Waals surface area contributed by atoms with Crippen molar-refractivity contribution in [2.45, 2.75) is 4.90 Å². The van der Waals surface area contributed by atoms with Gasteiger partial charge < -0.3 is 15.4 Å². The number of nitrogens with one attached hydrogen (secondary N) is 3. The first kappa shape index (κ1) is 27.0. The molecule has 0 saturated carbocycles. The van der Waals surface area contributed by atoms with Gasteiger partial charge >= 0.3 is 0 Å². The lowest BCUT2D eigenvalue weighted by Gasteiger charge is -2.15. The molecular weight excluding hydrogens is 549 g/mol. The first-order valence-electron chi connectivity index (χ1n) is 11.2. The molecule has 4 rings (SSSR count). The number of carbonyl (C=O) groups excluding carboxylic acids is 2. The maximum Gasteiger partial charge on any atom is 0.261 e. The molecule has 0 spiro atoms. The Kier molecular flexibility index (Phi) is 8.21. The maximum atomic E-state index is 13.2. The van der Waals surface area contributed by atoms with E-state index in [-0.39, 0.29) is 32.4 Å². The summed E-state index contributed by atoms with van der Waals surface area (Å²) >= 11 is 12.2. The zero-order valence-corrected chi connectivity index (χ0v) is 22.2. The van der Waals surface area contributed by atoms with Crippen LogP contribution in [0.25, 0.3) is 0 Å². The third-order valence-corrected chi connectivity index (χ3v) is 7.24. The third-order valence-electron chi connectivity index (χ3n) is 5.32. The molecule has 0 aliphatic heterocycles. The summed E-state index contributed by atoms with van der Waals surface area (Å²) in [4.78, 5) is 25.3. The molecule has 0 fully saturated rings. The Morgan fingerprint density at radius 1 is 0.763 bits per heavy atom. The fourth-order valence-electron chi connectivity index (χ4n) is 3.45. The predicted molar refractivity (Wildman–Crippen MR) is 148 cm³/mol. The van der Waals surface area contributed by atoms with Crippen LogP contribution in [0.2, 0.25) is 10.0 Å². The summed E-state index contributed by atoms with van der Waals surface area (Å²) in [6.45, 7) is 0. The average molecular weight is 570 g/mol. The summed E-state index contributed by atoms with van der Waals surface area (Å²) in [6, 6.07) is 23.2. The highest BCUT2D eigenvalue weighted by Gasteiger charge is 2.21. The Labute approximate surface area is 229 Å². The monoisotopic (exact) mass is 569 g/mol. The summed E-state index contributed by atoms with van der Waals surface area (Å²) in [6.07, 6.45) is 0. The number of hydrogen-bond acceptors (Lipinski definition) is 5. The van der Waals surface area contributed by atoms with E-state index in [1.807, 2.05) is 0 Å². The molecule has 0 atom stereocenters. The van der Waals surface area contributed by atoms with Gasteiger partial charge in [0.2, 0.25) is 0 Å². The quantitative estimate of drug-likeness (QED) is 0.234. The van der Waals surface area contributed by atoms with Crippen LogP contribution in [0.5, 0.6) is 11.5 Å². The number of anilines is 2. The van der Waals surface area contributed by atoms with Crippen molar-refractivity contribution in [3.63, 3.8) is 0 Å². The Morgan fingerprint density at radius 3 is 2.16 bits per heavy atom. The molecule has 8 nitrogen and oxygen atoms in total. The Morgan fingerprint density at radius 2 is 1.45 bits per heavy atom. The average Bonchev–Trinajstić information content (AvgIpc) is 2.91. The summed E-state index contributed by atoms with van der Waals surface area (Å²) in [5.41, 5.74) is 0.457. The van der Waals surface area contributed by atoms with Crippen LogP contribution in [-0.4, -0.2) is 27.3 Å². The van der Waals surface area contributed by atoms with E-state index in [0.717, 1.165) is 0 Å². The van der Waals surface area contributed by atoms with Gasteiger partial charge in [0.1, 0.15) is 11.5 Å². The van der Waals surface area contributed by atoms with E-state index in [2.05, 4.69) is 15.4 Å². The number of rotatable bonds is 8. The number of carbonyl (C=O) groups is 2. The molecule has 0 saturated heterocycles. The highest BCUT2D eigenvalue weighted by atomic mass is 35.5. The molecule has 4 aromatic rings. The molecule has 38 heavy (non-hydrogen) atoms. The summed E-state index contributed by atoms with van der Waals surface area (Å²) < 4.78 is 34.4. The SMILES string of the molecule is CNC(=O)c1ccccc1NC(=O)c1cc(Cl)ccc1NS(=O)(=O)c1ccc(Oc2ccccc2Cl)cc1. The van der Waals surface area contributed by atoms with Gasteiger partial charge in [-0.2, -0.15) is 0 Å². The maximum absolute atomic E-state index is 13.2. The lowest BCUT2D eigenvalue weighted by molar-refractivity contribution is 0.0964. The van der Waals surface area contributed by atoms with E-state index in [1.54, 1.807) is 48.5 Å². The van der Waals surface area contributed by atoms with E-state index in [4.69, 9.17) is 27.9 Å². The molecule has 0 bridgehead atoms. The number of amides is 2. The van der Waals surface area contributed by atoms with Gasteiger partial charge in [0, 0.05) is 12.1 Å². The molecule has 0 unspecified atom stereocenters. The number of sulfonamides is 1. The van der Waals surface area contributed by atoms with Gasteiger partial charge in [-0.25, -0.2) is 8.42 Å². The molecular formula is C27H21Cl2N3O5S. The van der Waals surface area contributed by atoms with Crippen LogP contribution in [0.1, 0.15) is 20.7 Å². The van der Waals surface area contributed by atoms with E-state index in [9.17, 15) is 18.0 Å². The summed E-state index contributed by atoms with van der Waals surface area (Å²) in [5.74, 6) is -0.240. The fraction of sp³-hybridized carbons (Fsp3) is 0.0370.